The number of carbonyl (C=O) groups is 6. The van der Waals surface area contributed by atoms with Crippen molar-refractivity contribution in [1.82, 2.24) is 20.4 Å². The van der Waals surface area contributed by atoms with Crippen molar-refractivity contribution in [2.24, 2.45) is 0 Å². The van der Waals surface area contributed by atoms with E-state index in [4.69, 9.17) is 51.0 Å². The summed E-state index contributed by atoms with van der Waals surface area (Å²) in [7, 11) is -5.43. The summed E-state index contributed by atoms with van der Waals surface area (Å²) in [6.07, 6.45) is -4.63. The van der Waals surface area contributed by atoms with Gasteiger partial charge in [-0.1, -0.05) is 187 Å². The lowest BCUT2D eigenvalue weighted by Gasteiger charge is -2.41. The number of ether oxygens (including phenoxy) is 4. The van der Waals surface area contributed by atoms with Crippen molar-refractivity contribution >= 4 is 87.2 Å². The Labute approximate surface area is 607 Å². The van der Waals surface area contributed by atoms with Crippen molar-refractivity contribution in [1.29, 1.82) is 0 Å². The molecule has 0 saturated carbocycles. The van der Waals surface area contributed by atoms with E-state index in [0.29, 0.717) is 11.4 Å². The van der Waals surface area contributed by atoms with Gasteiger partial charge in [0.05, 0.1) is 22.3 Å². The average Bonchev–Trinajstić information content (AvgIpc) is 1.55. The fourth-order valence-corrected chi connectivity index (χ4v) is 18.4. The van der Waals surface area contributed by atoms with Crippen LogP contribution in [0.2, 0.25) is 46.3 Å². The number of fused-ring (bicyclic) bond motifs is 12. The summed E-state index contributed by atoms with van der Waals surface area (Å²) in [5.74, 6) is -3.88. The molecule has 4 amide bonds. The monoisotopic (exact) mass is 1460 g/mol. The van der Waals surface area contributed by atoms with Gasteiger partial charge in [0.1, 0.15) is 74.1 Å². The third-order valence-corrected chi connectivity index (χ3v) is 32.0. The number of halogens is 2. The normalized spacial score (nSPS) is 22.0. The first-order valence-corrected chi connectivity index (χ1v) is 41.2. The van der Waals surface area contributed by atoms with Crippen molar-refractivity contribution in [2.45, 2.75) is 176 Å². The zero-order chi connectivity index (χ0) is 73.5. The lowest BCUT2D eigenvalue weighted by Crippen LogP contribution is -2.61. The summed E-state index contributed by atoms with van der Waals surface area (Å²) in [4.78, 5) is 91.9. The zero-order valence-electron chi connectivity index (χ0n) is 59.6. The number of hydrogen-bond acceptors (Lipinski definition) is 16. The maximum Gasteiger partial charge on any atom is 0.407 e. The Morgan fingerprint density at radius 3 is 1.16 bits per heavy atom. The highest BCUT2D eigenvalue weighted by Crippen LogP contribution is 2.56. The van der Waals surface area contributed by atoms with Gasteiger partial charge in [-0.3, -0.25) is 9.59 Å². The maximum absolute atomic E-state index is 15.9. The van der Waals surface area contributed by atoms with E-state index in [2.05, 4.69) is 34.4 Å². The molecule has 6 aromatic carbocycles. The number of rotatable bonds is 21. The van der Waals surface area contributed by atoms with E-state index in [0.717, 1.165) is 44.5 Å². The van der Waals surface area contributed by atoms with E-state index >= 15 is 9.59 Å². The Morgan fingerprint density at radius 1 is 0.539 bits per heavy atom. The number of hydrogen-bond donors (Lipinski definition) is 6. The smallest absolute Gasteiger partial charge is 0.407 e. The standard InChI is InChI=1S/C78H90Cl2N6O14Si2/c1-15-33-95-69(89)63-39-77(93)57-35-53(59(79)37-61(57)81-71(77)85(63)67(87)65(43(3)99-101(11,12)75(5,6)7)83-73(91)97-41-55-49-29-21-17-25-45(49)46-26-18-22-30-50(46)55)54-36-58-62(38-60(54)80)82-72-78(58,94)40-64(70(90)96-34-16-2)86(72)68(88)66(44(4)100-102(13,14)76(8,9)10)84-74(92)98-42-56-51-31-23-19-27-47(51)48-28-20-24-32-52(48)56/h15-32,35-38,43-44,55-56,63-66,71-72,81-82,93-94H,1-2,33-34,39-42H2,3-14H3,(H,83,91)(H,84,92)/t43-,44-,63-,64-,65+,66+,71-,72-,77+,78+/m0/s1. The van der Waals surface area contributed by atoms with Crippen LogP contribution in [0.3, 0.4) is 0 Å². The van der Waals surface area contributed by atoms with Gasteiger partial charge < -0.3 is 69.1 Å². The van der Waals surface area contributed by atoms with Crippen LogP contribution >= 0.6 is 23.2 Å². The van der Waals surface area contributed by atoms with Gasteiger partial charge in [-0.05, 0) is 119 Å². The number of anilines is 2. The number of carbonyl (C=O) groups excluding carboxylic acids is 6. The molecular weight excluding hydrogens is 1370 g/mol. The van der Waals surface area contributed by atoms with Crippen LogP contribution in [0.4, 0.5) is 21.0 Å². The highest BCUT2D eigenvalue weighted by atomic mass is 35.5. The van der Waals surface area contributed by atoms with E-state index in [1.165, 1.54) is 22.0 Å². The molecule has 0 spiro atoms. The molecule has 24 heteroatoms. The lowest BCUT2D eigenvalue weighted by molar-refractivity contribution is -0.155. The second-order valence-electron chi connectivity index (χ2n) is 30.5. The van der Waals surface area contributed by atoms with Gasteiger partial charge in [0.25, 0.3) is 0 Å². The molecule has 4 aliphatic heterocycles. The number of likely N-dealkylation sites (tertiary alicyclic amines) is 2. The molecule has 10 atom stereocenters. The van der Waals surface area contributed by atoms with Crippen molar-refractivity contribution in [3.8, 4) is 33.4 Å². The van der Waals surface area contributed by atoms with Gasteiger partial charge in [-0.2, -0.15) is 0 Å². The molecule has 0 bridgehead atoms. The molecule has 6 aliphatic rings. The second-order valence-corrected chi connectivity index (χ2v) is 40.9. The fraction of sp³-hybridized carbons (Fsp3) is 0.410. The highest BCUT2D eigenvalue weighted by Gasteiger charge is 2.64. The van der Waals surface area contributed by atoms with Crippen molar-refractivity contribution in [3.05, 3.63) is 190 Å². The number of benzene rings is 6. The number of esters is 2. The topological polar surface area (TPSA) is 253 Å². The molecule has 2 aliphatic carbocycles. The number of alkyl carbamates (subject to hydrolysis) is 2. The zero-order valence-corrected chi connectivity index (χ0v) is 63.1. The highest BCUT2D eigenvalue weighted by molar-refractivity contribution is 6.74. The molecule has 6 N–H and O–H groups in total. The molecule has 538 valence electrons. The summed E-state index contributed by atoms with van der Waals surface area (Å²) < 4.78 is 37.2. The predicted molar refractivity (Wildman–Crippen MR) is 397 cm³/mol. The Balaban J connectivity index is 0.855. The summed E-state index contributed by atoms with van der Waals surface area (Å²) in [6.45, 7) is 30.6. The predicted octanol–water partition coefficient (Wildman–Crippen LogP) is 13.8. The maximum atomic E-state index is 15.9. The van der Waals surface area contributed by atoms with Crippen LogP contribution in [-0.2, 0) is 58.2 Å². The summed E-state index contributed by atoms with van der Waals surface area (Å²) in [5.41, 5.74) is 5.49. The lowest BCUT2D eigenvalue weighted by atomic mass is 9.86. The Hall–Kier alpha value is -8.33. The van der Waals surface area contributed by atoms with E-state index in [1.54, 1.807) is 38.1 Å². The quantitative estimate of drug-likeness (QED) is 0.0170. The van der Waals surface area contributed by atoms with Crippen molar-refractivity contribution < 1.29 is 66.8 Å². The van der Waals surface area contributed by atoms with Crippen LogP contribution in [0.5, 0.6) is 0 Å². The van der Waals surface area contributed by atoms with Gasteiger partial charge >= 0.3 is 24.1 Å². The van der Waals surface area contributed by atoms with Gasteiger partial charge in [-0.15, -0.1) is 0 Å². The first kappa shape index (κ1) is 73.4. The molecule has 20 nitrogen and oxygen atoms in total. The van der Waals surface area contributed by atoms with Gasteiger partial charge in [-0.25, -0.2) is 19.2 Å². The average molecular weight is 1460 g/mol. The molecule has 0 unspecified atom stereocenters. The number of aliphatic hydroxyl groups is 2. The molecule has 12 rings (SSSR count). The Morgan fingerprint density at radius 2 is 0.853 bits per heavy atom. The van der Waals surface area contributed by atoms with Gasteiger partial charge in [0.15, 0.2) is 16.6 Å². The minimum Gasteiger partial charge on any atom is -0.460 e. The first-order valence-electron chi connectivity index (χ1n) is 34.6. The van der Waals surface area contributed by atoms with Crippen LogP contribution in [-0.4, -0.2) is 148 Å². The number of nitrogens with one attached hydrogen (secondary N) is 4. The van der Waals surface area contributed by atoms with E-state index in [9.17, 15) is 29.4 Å². The van der Waals surface area contributed by atoms with E-state index in [1.807, 2.05) is 165 Å². The molecule has 2 fully saturated rings. The van der Waals surface area contributed by atoms with Gasteiger partial charge in [0, 0.05) is 58.3 Å². The molecule has 0 aromatic heterocycles. The van der Waals surface area contributed by atoms with Crippen LogP contribution in [0.15, 0.2) is 147 Å². The number of amides is 4. The minimum atomic E-state index is -2.71. The molecule has 4 heterocycles. The van der Waals surface area contributed by atoms with Crippen molar-refractivity contribution in [2.75, 3.05) is 37.1 Å². The third-order valence-electron chi connectivity index (χ3n) is 22.2. The first-order chi connectivity index (χ1) is 48.1. The summed E-state index contributed by atoms with van der Waals surface area (Å²) in [5, 5.41) is 38.6. The fourth-order valence-electron chi connectivity index (χ4n) is 15.0. The molecule has 2 saturated heterocycles. The van der Waals surface area contributed by atoms with Crippen LogP contribution in [0, 0.1) is 0 Å². The SMILES string of the molecule is C=CCOC(=O)[C@@H]1C[C@@]2(O)c3cc(-c4cc5c(cc4Cl)N[C@H]4N(C(=O)[C@H](NC(=O)OCC6c7ccccc7-c7ccccc76)[C@H](C)O[Si](C)(C)C(C)(C)C)[C@H](C(=O)OCC=C)C[C@@]54O)c(Cl)cc3N[C@H]2N1C(=O)[C@H](NC(=O)OCC1c2ccccc2-c2ccccc21)[C@H](C)O[Si](C)(C)C(C)(C)C. The molecule has 102 heavy (non-hydrogen) atoms. The van der Waals surface area contributed by atoms with Crippen molar-refractivity contribution in [3.63, 3.8) is 0 Å². The third kappa shape index (κ3) is 13.1. The van der Waals surface area contributed by atoms with Gasteiger partial charge in [0.2, 0.25) is 11.8 Å². The summed E-state index contributed by atoms with van der Waals surface area (Å²) >= 11 is 14.6. The van der Waals surface area contributed by atoms with Crippen LogP contribution in [0.25, 0.3) is 33.4 Å². The van der Waals surface area contributed by atoms with E-state index < -0.39 is 125 Å². The summed E-state index contributed by atoms with van der Waals surface area (Å²) in [6, 6.07) is 32.1. The Bertz CT molecular complexity index is 4000. The Kier molecular flexibility index (Phi) is 19.9. The van der Waals surface area contributed by atoms with Crippen LogP contribution < -0.4 is 21.3 Å². The van der Waals surface area contributed by atoms with E-state index in [-0.39, 0.29) is 80.6 Å². The minimum absolute atomic E-state index is 0.0621. The molecular formula is C78H90Cl2N6O14Si2. The largest absolute Gasteiger partial charge is 0.460 e. The molecule has 0 radical (unpaired) electrons. The molecule has 6 aromatic rings. The van der Waals surface area contributed by atoms with Crippen LogP contribution in [0.1, 0.15) is 113 Å². The number of nitrogens with zero attached hydrogens (tertiary/aromatic N) is 2. The second kappa shape index (κ2) is 27.7.